The van der Waals surface area contributed by atoms with Crippen LogP contribution in [0.3, 0.4) is 0 Å². The van der Waals surface area contributed by atoms with E-state index in [4.69, 9.17) is 0 Å². The van der Waals surface area contributed by atoms with Gasteiger partial charge in [0.1, 0.15) is 4.83 Å². The number of carbonyl (C=O) groups excluding carboxylic acids is 1. The molecule has 0 saturated carbocycles. The van der Waals surface area contributed by atoms with Gasteiger partial charge < -0.3 is 5.32 Å². The lowest BCUT2D eigenvalue weighted by molar-refractivity contribution is -0.137. The van der Waals surface area contributed by atoms with Gasteiger partial charge in [-0.3, -0.25) is 18.7 Å². The number of hydrogen-bond acceptors (Lipinski definition) is 4. The lowest BCUT2D eigenvalue weighted by Gasteiger charge is -2.09. The number of rotatable bonds is 4. The smallest absolute Gasteiger partial charge is 0.346 e. The fraction of sp³-hybridized carbons (Fsp3) is 0.190. The second-order valence-electron chi connectivity index (χ2n) is 7.41. The summed E-state index contributed by atoms with van der Waals surface area (Å²) in [7, 11) is 3.58. The Morgan fingerprint density at radius 2 is 1.81 bits per heavy atom. The molecule has 0 fully saturated rings. The molecule has 0 atom stereocenters. The Bertz CT molecular complexity index is 1450. The minimum Gasteiger partial charge on any atom is -0.346 e. The minimum absolute atomic E-state index is 0.243. The highest BCUT2D eigenvalue weighted by molar-refractivity contribution is 7.20. The summed E-state index contributed by atoms with van der Waals surface area (Å²) in [6.45, 7) is 0.295. The molecule has 0 aliphatic rings. The first-order chi connectivity index (χ1) is 15.2. The van der Waals surface area contributed by atoms with Crippen molar-refractivity contribution in [3.05, 3.63) is 64.9 Å². The van der Waals surface area contributed by atoms with E-state index in [9.17, 15) is 18.0 Å². The molecule has 0 aliphatic carbocycles. The molecule has 164 valence electrons. The SMILES string of the molecule is Cn1ccc(CNC(=O)c2cc3c4cn(C)nc4n(-c4ccc(C(F)(F)F)cc4)c3s2)n1. The maximum Gasteiger partial charge on any atom is 0.416 e. The highest BCUT2D eigenvalue weighted by Crippen LogP contribution is 2.37. The molecule has 0 spiro atoms. The molecule has 5 rings (SSSR count). The summed E-state index contributed by atoms with van der Waals surface area (Å²) in [5.74, 6) is -0.243. The summed E-state index contributed by atoms with van der Waals surface area (Å²) in [6.07, 6.45) is -0.778. The van der Waals surface area contributed by atoms with Gasteiger partial charge in [0.05, 0.1) is 22.7 Å². The van der Waals surface area contributed by atoms with Crippen molar-refractivity contribution in [2.45, 2.75) is 12.7 Å². The van der Waals surface area contributed by atoms with Crippen LogP contribution in [0.5, 0.6) is 0 Å². The van der Waals surface area contributed by atoms with E-state index in [1.807, 2.05) is 12.3 Å². The first-order valence-corrected chi connectivity index (χ1v) is 10.4. The molecule has 4 aromatic heterocycles. The molecular formula is C21H17F3N6OS. The van der Waals surface area contributed by atoms with Gasteiger partial charge in [0, 0.05) is 42.9 Å². The van der Waals surface area contributed by atoms with Gasteiger partial charge in [0.15, 0.2) is 5.65 Å². The summed E-state index contributed by atoms with van der Waals surface area (Å²) < 4.78 is 44.1. The molecule has 0 aliphatic heterocycles. The van der Waals surface area contributed by atoms with Crippen LogP contribution >= 0.6 is 11.3 Å². The van der Waals surface area contributed by atoms with Gasteiger partial charge in [-0.05, 0) is 36.4 Å². The van der Waals surface area contributed by atoms with Crippen molar-refractivity contribution in [3.8, 4) is 5.69 Å². The molecule has 0 radical (unpaired) electrons. The van der Waals surface area contributed by atoms with Crippen LogP contribution in [0.15, 0.2) is 48.8 Å². The van der Waals surface area contributed by atoms with Crippen molar-refractivity contribution < 1.29 is 18.0 Å². The Hall–Kier alpha value is -3.60. The highest BCUT2D eigenvalue weighted by Gasteiger charge is 2.30. The quantitative estimate of drug-likeness (QED) is 0.438. The van der Waals surface area contributed by atoms with Crippen molar-refractivity contribution in [3.63, 3.8) is 0 Å². The number of halogens is 3. The number of carbonyl (C=O) groups is 1. The average molecular weight is 458 g/mol. The number of amides is 1. The standard InChI is InChI=1S/C21H17F3N6OS/c1-28-8-7-13(26-28)10-25-19(31)17-9-15-16-11-29(2)27-18(16)30(20(15)32-17)14-5-3-12(4-6-14)21(22,23)24/h3-9,11H,10H2,1-2H3,(H,25,31). The van der Waals surface area contributed by atoms with Crippen molar-refractivity contribution in [2.75, 3.05) is 0 Å². The van der Waals surface area contributed by atoms with Crippen molar-refractivity contribution >= 4 is 38.5 Å². The van der Waals surface area contributed by atoms with Crippen LogP contribution in [0.25, 0.3) is 26.9 Å². The molecule has 5 aromatic rings. The van der Waals surface area contributed by atoms with Gasteiger partial charge in [-0.2, -0.15) is 23.4 Å². The molecular weight excluding hydrogens is 441 g/mol. The maximum atomic E-state index is 13.0. The third-order valence-electron chi connectivity index (χ3n) is 5.10. The van der Waals surface area contributed by atoms with Gasteiger partial charge >= 0.3 is 6.18 Å². The van der Waals surface area contributed by atoms with Crippen LogP contribution in [-0.2, 0) is 26.8 Å². The van der Waals surface area contributed by atoms with E-state index in [0.29, 0.717) is 22.8 Å². The summed E-state index contributed by atoms with van der Waals surface area (Å²) in [5.41, 5.74) is 1.18. The normalized spacial score (nSPS) is 12.2. The van der Waals surface area contributed by atoms with Crippen LogP contribution < -0.4 is 5.32 Å². The number of fused-ring (bicyclic) bond motifs is 3. The second-order valence-corrected chi connectivity index (χ2v) is 8.44. The Labute approximate surface area is 183 Å². The Morgan fingerprint density at radius 1 is 1.06 bits per heavy atom. The maximum absolute atomic E-state index is 13.0. The molecule has 32 heavy (non-hydrogen) atoms. The summed E-state index contributed by atoms with van der Waals surface area (Å²) in [5, 5.41) is 13.2. The number of alkyl halides is 3. The van der Waals surface area contributed by atoms with Crippen LogP contribution in [0.1, 0.15) is 20.9 Å². The van der Waals surface area contributed by atoms with E-state index in [2.05, 4.69) is 15.5 Å². The number of nitrogens with zero attached hydrogens (tertiary/aromatic N) is 5. The lowest BCUT2D eigenvalue weighted by atomic mass is 10.2. The van der Waals surface area contributed by atoms with Crippen molar-refractivity contribution in [1.29, 1.82) is 0 Å². The number of thiophene rings is 1. The van der Waals surface area contributed by atoms with Crippen LogP contribution in [0.4, 0.5) is 13.2 Å². The predicted molar refractivity (Wildman–Crippen MR) is 115 cm³/mol. The summed E-state index contributed by atoms with van der Waals surface area (Å²) >= 11 is 1.27. The number of aryl methyl sites for hydroxylation is 2. The first-order valence-electron chi connectivity index (χ1n) is 9.62. The largest absolute Gasteiger partial charge is 0.416 e. The monoisotopic (exact) mass is 458 g/mol. The second kappa shape index (κ2) is 7.23. The molecule has 0 saturated heterocycles. The Morgan fingerprint density at radius 3 is 2.47 bits per heavy atom. The molecule has 0 bridgehead atoms. The number of hydrogen-bond donors (Lipinski definition) is 1. The topological polar surface area (TPSA) is 69.7 Å². The molecule has 0 unspecified atom stereocenters. The zero-order valence-electron chi connectivity index (χ0n) is 17.0. The third kappa shape index (κ3) is 3.44. The fourth-order valence-corrected chi connectivity index (χ4v) is 4.75. The average Bonchev–Trinajstić information content (AvgIpc) is 3.48. The Balaban J connectivity index is 1.54. The van der Waals surface area contributed by atoms with E-state index in [-0.39, 0.29) is 5.91 Å². The highest BCUT2D eigenvalue weighted by atomic mass is 32.1. The lowest BCUT2D eigenvalue weighted by Crippen LogP contribution is -2.22. The third-order valence-corrected chi connectivity index (χ3v) is 6.22. The molecule has 1 aromatic carbocycles. The molecule has 1 N–H and O–H groups in total. The van der Waals surface area contributed by atoms with Crippen LogP contribution in [0.2, 0.25) is 0 Å². The fourth-order valence-electron chi connectivity index (χ4n) is 3.63. The van der Waals surface area contributed by atoms with Gasteiger partial charge in [-0.25, -0.2) is 0 Å². The van der Waals surface area contributed by atoms with Gasteiger partial charge in [0.2, 0.25) is 0 Å². The molecule has 11 heteroatoms. The van der Waals surface area contributed by atoms with Crippen molar-refractivity contribution in [2.24, 2.45) is 14.1 Å². The van der Waals surface area contributed by atoms with Crippen molar-refractivity contribution in [1.82, 2.24) is 29.4 Å². The number of benzene rings is 1. The molecule has 4 heterocycles. The zero-order valence-corrected chi connectivity index (χ0v) is 17.8. The summed E-state index contributed by atoms with van der Waals surface area (Å²) in [4.78, 5) is 14.0. The number of nitrogens with one attached hydrogen (secondary N) is 1. The van der Waals surface area contributed by atoms with E-state index < -0.39 is 11.7 Å². The zero-order chi connectivity index (χ0) is 22.6. The van der Waals surface area contributed by atoms with Gasteiger partial charge in [-0.1, -0.05) is 0 Å². The number of aromatic nitrogens is 5. The molecule has 7 nitrogen and oxygen atoms in total. The molecule has 1 amide bonds. The van der Waals surface area contributed by atoms with Crippen LogP contribution in [-0.4, -0.2) is 30.0 Å². The van der Waals surface area contributed by atoms with E-state index in [0.717, 1.165) is 33.4 Å². The van der Waals surface area contributed by atoms with E-state index >= 15 is 0 Å². The first kappa shape index (κ1) is 20.3. The van der Waals surface area contributed by atoms with E-state index in [1.165, 1.54) is 23.5 Å². The summed E-state index contributed by atoms with van der Waals surface area (Å²) in [6, 6.07) is 8.53. The predicted octanol–water partition coefficient (Wildman–Crippen LogP) is 4.26. The Kier molecular flexibility index (Phi) is 4.59. The van der Waals surface area contributed by atoms with Gasteiger partial charge in [-0.15, -0.1) is 11.3 Å². The minimum atomic E-state index is -4.41. The van der Waals surface area contributed by atoms with Gasteiger partial charge in [0.25, 0.3) is 5.91 Å². The van der Waals surface area contributed by atoms with Crippen LogP contribution in [0, 0.1) is 0 Å². The van der Waals surface area contributed by atoms with E-state index in [1.54, 1.807) is 40.3 Å².